The largest absolute Gasteiger partial charge is 0.339 e. The second kappa shape index (κ2) is 4.04. The molecule has 0 bridgehead atoms. The van der Waals surface area contributed by atoms with E-state index in [0.717, 1.165) is 16.3 Å². The van der Waals surface area contributed by atoms with Crippen molar-refractivity contribution in [2.75, 3.05) is 4.90 Å². The number of hydrogen-bond donors (Lipinski definition) is 1. The highest BCUT2D eigenvalue weighted by molar-refractivity contribution is 7.89. The summed E-state index contributed by atoms with van der Waals surface area (Å²) in [5.41, 5.74) is 1.78. The van der Waals surface area contributed by atoms with E-state index in [-0.39, 0.29) is 4.90 Å². The number of nitrogens with zero attached hydrogens (tertiary/aromatic N) is 2. The standard InChI is InChI=1S/C11H11N3O2S2/c12-18(15,16)10-3-1-2-8-6-14(7-9(8)10)11-13-4-5-17-11/h1-5H,6-7H2,(H2,12,15,16). The van der Waals surface area contributed by atoms with E-state index in [1.807, 2.05) is 16.3 Å². The quantitative estimate of drug-likeness (QED) is 0.900. The van der Waals surface area contributed by atoms with Crippen LogP contribution in [-0.2, 0) is 23.1 Å². The first-order chi connectivity index (χ1) is 8.55. The van der Waals surface area contributed by atoms with Gasteiger partial charge in [0.05, 0.1) is 4.90 Å². The number of aromatic nitrogens is 1. The topological polar surface area (TPSA) is 76.3 Å². The van der Waals surface area contributed by atoms with Gasteiger partial charge in [0, 0.05) is 24.7 Å². The molecule has 0 unspecified atom stereocenters. The highest BCUT2D eigenvalue weighted by atomic mass is 32.2. The number of sulfonamides is 1. The van der Waals surface area contributed by atoms with Crippen LogP contribution in [0, 0.1) is 0 Å². The number of benzene rings is 1. The van der Waals surface area contributed by atoms with Gasteiger partial charge in [-0.1, -0.05) is 12.1 Å². The molecule has 7 heteroatoms. The lowest BCUT2D eigenvalue weighted by molar-refractivity contribution is 0.597. The highest BCUT2D eigenvalue weighted by Crippen LogP contribution is 2.32. The van der Waals surface area contributed by atoms with E-state index in [0.29, 0.717) is 13.1 Å². The molecule has 2 aromatic rings. The molecule has 5 nitrogen and oxygen atoms in total. The summed E-state index contributed by atoms with van der Waals surface area (Å²) in [7, 11) is -3.66. The van der Waals surface area contributed by atoms with Crippen LogP contribution >= 0.6 is 11.3 Å². The highest BCUT2D eigenvalue weighted by Gasteiger charge is 2.26. The van der Waals surface area contributed by atoms with Crippen molar-refractivity contribution in [3.05, 3.63) is 40.9 Å². The van der Waals surface area contributed by atoms with E-state index in [4.69, 9.17) is 5.14 Å². The molecule has 94 valence electrons. The Morgan fingerprint density at radius 1 is 1.33 bits per heavy atom. The van der Waals surface area contributed by atoms with Crippen molar-refractivity contribution in [2.24, 2.45) is 5.14 Å². The van der Waals surface area contributed by atoms with Crippen LogP contribution in [0.4, 0.5) is 5.13 Å². The second-order valence-corrected chi connectivity index (χ2v) is 6.51. The number of primary sulfonamides is 1. The average molecular weight is 281 g/mol. The summed E-state index contributed by atoms with van der Waals surface area (Å²) in [5, 5.41) is 8.03. The first kappa shape index (κ1) is 11.6. The molecule has 0 spiro atoms. The lowest BCUT2D eigenvalue weighted by Crippen LogP contribution is -2.16. The van der Waals surface area contributed by atoms with Crippen molar-refractivity contribution >= 4 is 26.5 Å². The van der Waals surface area contributed by atoms with E-state index >= 15 is 0 Å². The molecular weight excluding hydrogens is 270 g/mol. The van der Waals surface area contributed by atoms with E-state index in [1.165, 1.54) is 11.3 Å². The van der Waals surface area contributed by atoms with Crippen LogP contribution in [-0.4, -0.2) is 13.4 Å². The average Bonchev–Trinajstić information content (AvgIpc) is 2.95. The molecule has 3 rings (SSSR count). The summed E-state index contributed by atoms with van der Waals surface area (Å²) in [4.78, 5) is 6.50. The Bertz CT molecular complexity index is 680. The Kier molecular flexibility index (Phi) is 2.61. The minimum Gasteiger partial charge on any atom is -0.339 e. The van der Waals surface area contributed by atoms with E-state index < -0.39 is 10.0 Å². The lowest BCUT2D eigenvalue weighted by atomic mass is 10.1. The van der Waals surface area contributed by atoms with Gasteiger partial charge in [-0.3, -0.25) is 0 Å². The molecule has 2 heterocycles. The fourth-order valence-electron chi connectivity index (χ4n) is 2.16. The molecule has 1 aliphatic heterocycles. The van der Waals surface area contributed by atoms with Gasteiger partial charge < -0.3 is 4.90 Å². The number of nitrogens with two attached hydrogens (primary N) is 1. The maximum atomic E-state index is 11.5. The zero-order chi connectivity index (χ0) is 12.8. The monoisotopic (exact) mass is 281 g/mol. The van der Waals surface area contributed by atoms with Gasteiger partial charge in [0.15, 0.2) is 5.13 Å². The van der Waals surface area contributed by atoms with Gasteiger partial charge in [0.2, 0.25) is 10.0 Å². The van der Waals surface area contributed by atoms with Gasteiger partial charge in [-0.15, -0.1) is 11.3 Å². The second-order valence-electron chi connectivity index (χ2n) is 4.11. The van der Waals surface area contributed by atoms with Crippen LogP contribution < -0.4 is 10.0 Å². The fraction of sp³-hybridized carbons (Fsp3) is 0.182. The zero-order valence-corrected chi connectivity index (χ0v) is 11.0. The Hall–Kier alpha value is -1.44. The SMILES string of the molecule is NS(=O)(=O)c1cccc2c1CN(c1nccs1)C2. The summed E-state index contributed by atoms with van der Waals surface area (Å²) in [6, 6.07) is 5.21. The minimum atomic E-state index is -3.66. The maximum absolute atomic E-state index is 11.5. The normalized spacial score (nSPS) is 14.8. The minimum absolute atomic E-state index is 0.221. The molecule has 1 aromatic carbocycles. The Labute approximate surface area is 109 Å². The summed E-state index contributed by atoms with van der Waals surface area (Å²) in [5.74, 6) is 0. The third-order valence-corrected chi connectivity index (χ3v) is 4.76. The number of thiazole rings is 1. The molecule has 0 saturated carbocycles. The number of hydrogen-bond acceptors (Lipinski definition) is 5. The van der Waals surface area contributed by atoms with Gasteiger partial charge >= 0.3 is 0 Å². The van der Waals surface area contributed by atoms with Gasteiger partial charge in [-0.2, -0.15) is 0 Å². The number of fused-ring (bicyclic) bond motifs is 1. The molecule has 0 aliphatic carbocycles. The smallest absolute Gasteiger partial charge is 0.238 e. The first-order valence-corrected chi connectivity index (χ1v) is 7.76. The van der Waals surface area contributed by atoms with Crippen LogP contribution in [0.3, 0.4) is 0 Å². The van der Waals surface area contributed by atoms with Crippen LogP contribution in [0.25, 0.3) is 0 Å². The molecular formula is C11H11N3O2S2. The molecule has 0 atom stereocenters. The summed E-state index contributed by atoms with van der Waals surface area (Å²) < 4.78 is 23.1. The molecule has 1 aromatic heterocycles. The molecule has 18 heavy (non-hydrogen) atoms. The van der Waals surface area contributed by atoms with E-state index in [9.17, 15) is 8.42 Å². The summed E-state index contributed by atoms with van der Waals surface area (Å²) >= 11 is 1.54. The third kappa shape index (κ3) is 1.90. The van der Waals surface area contributed by atoms with Crippen molar-refractivity contribution in [3.63, 3.8) is 0 Å². The zero-order valence-electron chi connectivity index (χ0n) is 9.41. The molecule has 1 aliphatic rings. The van der Waals surface area contributed by atoms with E-state index in [2.05, 4.69) is 4.98 Å². The molecule has 2 N–H and O–H groups in total. The van der Waals surface area contributed by atoms with Gasteiger partial charge in [-0.25, -0.2) is 18.5 Å². The van der Waals surface area contributed by atoms with Gasteiger partial charge in [-0.05, 0) is 17.2 Å². The molecule has 0 fully saturated rings. The van der Waals surface area contributed by atoms with Crippen LogP contribution in [0.2, 0.25) is 0 Å². The van der Waals surface area contributed by atoms with Crippen molar-refractivity contribution in [1.29, 1.82) is 0 Å². The Balaban J connectivity index is 2.04. The van der Waals surface area contributed by atoms with Crippen LogP contribution in [0.5, 0.6) is 0 Å². The van der Waals surface area contributed by atoms with Crippen molar-refractivity contribution in [2.45, 2.75) is 18.0 Å². The number of anilines is 1. The summed E-state index contributed by atoms with van der Waals surface area (Å²) in [6.45, 7) is 1.21. The number of rotatable bonds is 2. The third-order valence-electron chi connectivity index (χ3n) is 2.94. The van der Waals surface area contributed by atoms with Crippen molar-refractivity contribution in [1.82, 2.24) is 4.98 Å². The summed E-state index contributed by atoms with van der Waals surface area (Å²) in [6.07, 6.45) is 1.74. The van der Waals surface area contributed by atoms with Crippen molar-refractivity contribution < 1.29 is 8.42 Å². The van der Waals surface area contributed by atoms with Crippen molar-refractivity contribution in [3.8, 4) is 0 Å². The van der Waals surface area contributed by atoms with Crippen LogP contribution in [0.1, 0.15) is 11.1 Å². The predicted molar refractivity (Wildman–Crippen MR) is 69.8 cm³/mol. The maximum Gasteiger partial charge on any atom is 0.238 e. The van der Waals surface area contributed by atoms with Crippen LogP contribution in [0.15, 0.2) is 34.7 Å². The van der Waals surface area contributed by atoms with Gasteiger partial charge in [0.1, 0.15) is 0 Å². The molecule has 0 radical (unpaired) electrons. The first-order valence-electron chi connectivity index (χ1n) is 5.34. The lowest BCUT2D eigenvalue weighted by Gasteiger charge is -2.12. The Morgan fingerprint density at radius 2 is 2.17 bits per heavy atom. The Morgan fingerprint density at radius 3 is 2.83 bits per heavy atom. The van der Waals surface area contributed by atoms with E-state index in [1.54, 1.807) is 18.3 Å². The molecule has 0 saturated heterocycles. The van der Waals surface area contributed by atoms with Gasteiger partial charge in [0.25, 0.3) is 0 Å². The molecule has 0 amide bonds. The fourth-order valence-corrected chi connectivity index (χ4v) is 3.62. The predicted octanol–water partition coefficient (Wildman–Crippen LogP) is 1.31.